The van der Waals surface area contributed by atoms with Crippen molar-refractivity contribution in [3.63, 3.8) is 0 Å². The van der Waals surface area contributed by atoms with Crippen molar-refractivity contribution >= 4 is 20.9 Å². The highest BCUT2D eigenvalue weighted by atomic mass is 32.2. The van der Waals surface area contributed by atoms with Gasteiger partial charge in [0.05, 0.1) is 16.8 Å². The van der Waals surface area contributed by atoms with E-state index in [9.17, 15) is 8.42 Å². The molecule has 0 amide bonds. The van der Waals surface area contributed by atoms with Crippen LogP contribution in [0.3, 0.4) is 0 Å². The molecule has 1 aliphatic heterocycles. The maximum atomic E-state index is 12.3. The summed E-state index contributed by atoms with van der Waals surface area (Å²) < 4.78 is 26.5. The van der Waals surface area contributed by atoms with Gasteiger partial charge < -0.3 is 10.3 Å². The Labute approximate surface area is 118 Å². The third-order valence-electron chi connectivity index (χ3n) is 4.12. The van der Waals surface area contributed by atoms with Crippen molar-refractivity contribution in [2.45, 2.75) is 31.1 Å². The van der Waals surface area contributed by atoms with E-state index in [1.165, 1.54) is 0 Å². The van der Waals surface area contributed by atoms with Crippen LogP contribution in [0.5, 0.6) is 0 Å². The van der Waals surface area contributed by atoms with Gasteiger partial charge in [0.15, 0.2) is 9.84 Å². The Hall–Kier alpha value is -1.40. The van der Waals surface area contributed by atoms with Crippen LogP contribution in [0.4, 0.5) is 0 Å². The van der Waals surface area contributed by atoms with Crippen LogP contribution in [0.15, 0.2) is 18.2 Å². The number of fused-ring (bicyclic) bond motifs is 1. The fraction of sp³-hybridized carbons (Fsp3) is 0.500. The zero-order valence-electron chi connectivity index (χ0n) is 11.5. The molecular formula is C14H19N3O2S. The summed E-state index contributed by atoms with van der Waals surface area (Å²) >= 11 is 0. The first kappa shape index (κ1) is 13.6. The molecule has 2 N–H and O–H groups in total. The molecule has 0 bridgehead atoms. The number of aromatic nitrogens is 2. The molecule has 1 aliphatic rings. The molecule has 1 fully saturated rings. The largest absolute Gasteiger partial charge is 0.330 e. The van der Waals surface area contributed by atoms with Gasteiger partial charge in [-0.05, 0) is 24.5 Å². The van der Waals surface area contributed by atoms with Gasteiger partial charge in [0.2, 0.25) is 0 Å². The average Bonchev–Trinajstić information content (AvgIpc) is 2.76. The minimum absolute atomic E-state index is 0.268. The first-order chi connectivity index (χ1) is 9.54. The number of nitrogens with zero attached hydrogens (tertiary/aromatic N) is 2. The van der Waals surface area contributed by atoms with Crippen LogP contribution in [0.1, 0.15) is 35.9 Å². The summed E-state index contributed by atoms with van der Waals surface area (Å²) in [7, 11) is -1.20. The van der Waals surface area contributed by atoms with Crippen molar-refractivity contribution in [3.8, 4) is 0 Å². The number of imidazole rings is 1. The first-order valence-electron chi connectivity index (χ1n) is 6.90. The van der Waals surface area contributed by atoms with Crippen LogP contribution in [-0.4, -0.2) is 23.7 Å². The zero-order chi connectivity index (χ0) is 14.3. The number of hydrogen-bond donors (Lipinski definition) is 1. The molecule has 0 spiro atoms. The van der Waals surface area contributed by atoms with Gasteiger partial charge in [-0.25, -0.2) is 13.4 Å². The van der Waals surface area contributed by atoms with Crippen LogP contribution in [0.2, 0.25) is 0 Å². The van der Waals surface area contributed by atoms with Crippen molar-refractivity contribution in [2.75, 3.05) is 5.75 Å². The second kappa shape index (κ2) is 4.86. The Kier molecular flexibility index (Phi) is 3.30. The lowest BCUT2D eigenvalue weighted by atomic mass is 10.2. The highest BCUT2D eigenvalue weighted by Crippen LogP contribution is 2.34. The van der Waals surface area contributed by atoms with Gasteiger partial charge in [-0.3, -0.25) is 0 Å². The molecule has 108 valence electrons. The van der Waals surface area contributed by atoms with Gasteiger partial charge in [-0.2, -0.15) is 0 Å². The summed E-state index contributed by atoms with van der Waals surface area (Å²) in [6.07, 6.45) is 2.37. The molecule has 0 radical (unpaired) electrons. The fourth-order valence-electron chi connectivity index (χ4n) is 2.99. The van der Waals surface area contributed by atoms with Gasteiger partial charge in [0.1, 0.15) is 11.1 Å². The topological polar surface area (TPSA) is 78.0 Å². The van der Waals surface area contributed by atoms with E-state index >= 15 is 0 Å². The standard InChI is InChI=1S/C14H19N3O2S/c1-17-11-6-4-5-10(9-15)13(11)16-14(17)12-7-2-3-8-20(12,18)19/h4-6,12H,2-3,7-9,15H2,1H3. The van der Waals surface area contributed by atoms with E-state index in [4.69, 9.17) is 5.73 Å². The van der Waals surface area contributed by atoms with E-state index in [0.29, 0.717) is 18.8 Å². The summed E-state index contributed by atoms with van der Waals surface area (Å²) in [6, 6.07) is 5.83. The molecule has 1 saturated heterocycles. The van der Waals surface area contributed by atoms with E-state index < -0.39 is 15.1 Å². The lowest BCUT2D eigenvalue weighted by Gasteiger charge is -2.21. The molecule has 2 aromatic rings. The van der Waals surface area contributed by atoms with Gasteiger partial charge >= 0.3 is 0 Å². The van der Waals surface area contributed by atoms with E-state index in [1.54, 1.807) is 0 Å². The fourth-order valence-corrected chi connectivity index (χ4v) is 4.94. The number of aryl methyl sites for hydroxylation is 1. The Morgan fingerprint density at radius 2 is 2.20 bits per heavy atom. The molecule has 3 rings (SSSR count). The Morgan fingerprint density at radius 3 is 2.90 bits per heavy atom. The normalized spacial score (nSPS) is 22.2. The van der Waals surface area contributed by atoms with Crippen molar-refractivity contribution in [1.29, 1.82) is 0 Å². The van der Waals surface area contributed by atoms with Gasteiger partial charge in [-0.1, -0.05) is 18.6 Å². The minimum atomic E-state index is -3.08. The SMILES string of the molecule is Cn1c(C2CCCCS2(=O)=O)nc2c(CN)cccc21. The highest BCUT2D eigenvalue weighted by Gasteiger charge is 2.33. The number of rotatable bonds is 2. The summed E-state index contributed by atoms with van der Waals surface area (Å²) in [4.78, 5) is 4.61. The molecule has 1 aromatic carbocycles. The lowest BCUT2D eigenvalue weighted by Crippen LogP contribution is -2.24. The molecule has 2 heterocycles. The summed E-state index contributed by atoms with van der Waals surface area (Å²) in [5.74, 6) is 0.922. The predicted molar refractivity (Wildman–Crippen MR) is 79.0 cm³/mol. The Balaban J connectivity index is 2.19. The van der Waals surface area contributed by atoms with Crippen molar-refractivity contribution < 1.29 is 8.42 Å². The summed E-state index contributed by atoms with van der Waals surface area (Å²) in [5, 5.41) is -0.473. The molecule has 1 aromatic heterocycles. The Bertz CT molecular complexity index is 749. The highest BCUT2D eigenvalue weighted by molar-refractivity contribution is 7.91. The van der Waals surface area contributed by atoms with Crippen molar-refractivity contribution in [2.24, 2.45) is 12.8 Å². The maximum Gasteiger partial charge on any atom is 0.160 e. The molecule has 0 saturated carbocycles. The summed E-state index contributed by atoms with van der Waals surface area (Å²) in [6.45, 7) is 0.408. The van der Waals surface area contributed by atoms with Gasteiger partial charge in [0, 0.05) is 13.6 Å². The smallest absolute Gasteiger partial charge is 0.160 e. The molecule has 1 atom stereocenters. The maximum absolute atomic E-state index is 12.3. The van der Waals surface area contributed by atoms with Crippen LogP contribution in [0, 0.1) is 0 Å². The van der Waals surface area contributed by atoms with E-state index in [-0.39, 0.29) is 5.75 Å². The number of benzene rings is 1. The van der Waals surface area contributed by atoms with E-state index in [0.717, 1.165) is 29.4 Å². The van der Waals surface area contributed by atoms with Gasteiger partial charge in [0.25, 0.3) is 0 Å². The lowest BCUT2D eigenvalue weighted by molar-refractivity contribution is 0.534. The quantitative estimate of drug-likeness (QED) is 0.913. The molecule has 1 unspecified atom stereocenters. The molecule has 0 aliphatic carbocycles. The average molecular weight is 293 g/mol. The van der Waals surface area contributed by atoms with Crippen molar-refractivity contribution in [1.82, 2.24) is 9.55 Å². The van der Waals surface area contributed by atoms with Gasteiger partial charge in [-0.15, -0.1) is 0 Å². The van der Waals surface area contributed by atoms with Crippen LogP contribution < -0.4 is 5.73 Å². The molecule has 5 nitrogen and oxygen atoms in total. The number of nitrogens with two attached hydrogens (primary N) is 1. The Morgan fingerprint density at radius 1 is 1.40 bits per heavy atom. The zero-order valence-corrected chi connectivity index (χ0v) is 12.4. The third-order valence-corrected chi connectivity index (χ3v) is 6.29. The van der Waals surface area contributed by atoms with Crippen LogP contribution in [-0.2, 0) is 23.4 Å². The van der Waals surface area contributed by atoms with Crippen molar-refractivity contribution in [3.05, 3.63) is 29.6 Å². The molecule has 6 heteroatoms. The number of sulfone groups is 1. The predicted octanol–water partition coefficient (Wildman–Crippen LogP) is 1.67. The molecule has 20 heavy (non-hydrogen) atoms. The molecular weight excluding hydrogens is 274 g/mol. The second-order valence-electron chi connectivity index (χ2n) is 5.37. The first-order valence-corrected chi connectivity index (χ1v) is 8.62. The monoisotopic (exact) mass is 293 g/mol. The van der Waals surface area contributed by atoms with Crippen LogP contribution in [0.25, 0.3) is 11.0 Å². The third kappa shape index (κ3) is 2.03. The number of hydrogen-bond acceptors (Lipinski definition) is 4. The van der Waals surface area contributed by atoms with Crippen LogP contribution >= 0.6 is 0 Å². The minimum Gasteiger partial charge on any atom is -0.330 e. The second-order valence-corrected chi connectivity index (χ2v) is 7.67. The summed E-state index contributed by atoms with van der Waals surface area (Å²) in [5.41, 5.74) is 8.47. The van der Waals surface area contributed by atoms with E-state index in [1.807, 2.05) is 29.8 Å². The number of para-hydroxylation sites is 1. The van der Waals surface area contributed by atoms with E-state index in [2.05, 4.69) is 4.98 Å².